The van der Waals surface area contributed by atoms with Crippen molar-refractivity contribution in [2.45, 2.75) is 24.2 Å². The second-order valence-corrected chi connectivity index (χ2v) is 6.20. The Labute approximate surface area is 104 Å². The SMILES string of the molecule is Nc1cc(F)c(F)c(S(=O)(=O)NCC2CCC2)c1. The summed E-state index contributed by atoms with van der Waals surface area (Å²) in [5.74, 6) is -2.38. The number of nitrogens with one attached hydrogen (secondary N) is 1. The van der Waals surface area contributed by atoms with Crippen molar-refractivity contribution in [1.82, 2.24) is 4.72 Å². The minimum atomic E-state index is -4.05. The van der Waals surface area contributed by atoms with Crippen molar-refractivity contribution in [3.63, 3.8) is 0 Å². The fourth-order valence-electron chi connectivity index (χ4n) is 1.78. The van der Waals surface area contributed by atoms with E-state index in [2.05, 4.69) is 4.72 Å². The molecule has 3 N–H and O–H groups in total. The molecule has 0 saturated heterocycles. The number of hydrogen-bond donors (Lipinski definition) is 2. The van der Waals surface area contributed by atoms with Crippen LogP contribution in [0.25, 0.3) is 0 Å². The van der Waals surface area contributed by atoms with Gasteiger partial charge in [-0.2, -0.15) is 0 Å². The average molecular weight is 276 g/mol. The lowest BCUT2D eigenvalue weighted by Crippen LogP contribution is -2.32. The molecule has 0 heterocycles. The van der Waals surface area contributed by atoms with Gasteiger partial charge in [-0.15, -0.1) is 0 Å². The Bertz CT molecular complexity index is 556. The van der Waals surface area contributed by atoms with Gasteiger partial charge in [0.1, 0.15) is 4.90 Å². The topological polar surface area (TPSA) is 72.2 Å². The quantitative estimate of drug-likeness (QED) is 0.821. The second kappa shape index (κ2) is 4.81. The largest absolute Gasteiger partial charge is 0.399 e. The molecule has 0 atom stereocenters. The van der Waals surface area contributed by atoms with Gasteiger partial charge in [0.15, 0.2) is 11.6 Å². The van der Waals surface area contributed by atoms with Crippen molar-refractivity contribution in [1.29, 1.82) is 0 Å². The Morgan fingerprint density at radius 2 is 2.00 bits per heavy atom. The predicted octanol–water partition coefficient (Wildman–Crippen LogP) is 1.63. The second-order valence-electron chi connectivity index (χ2n) is 4.46. The molecule has 1 aliphatic rings. The third kappa shape index (κ3) is 2.62. The van der Waals surface area contributed by atoms with Crippen LogP contribution < -0.4 is 10.5 Å². The summed E-state index contributed by atoms with van der Waals surface area (Å²) in [6.45, 7) is 0.248. The van der Waals surface area contributed by atoms with Crippen LogP contribution in [0.15, 0.2) is 17.0 Å². The Kier molecular flexibility index (Phi) is 3.54. The molecule has 1 saturated carbocycles. The maximum atomic E-state index is 13.4. The van der Waals surface area contributed by atoms with Crippen molar-refractivity contribution >= 4 is 15.7 Å². The van der Waals surface area contributed by atoms with E-state index in [1.807, 2.05) is 0 Å². The highest BCUT2D eigenvalue weighted by atomic mass is 32.2. The van der Waals surface area contributed by atoms with Crippen LogP contribution in [0, 0.1) is 17.6 Å². The third-order valence-corrected chi connectivity index (χ3v) is 4.52. The van der Waals surface area contributed by atoms with Crippen molar-refractivity contribution in [2.24, 2.45) is 5.92 Å². The van der Waals surface area contributed by atoms with E-state index in [4.69, 9.17) is 5.73 Å². The summed E-state index contributed by atoms with van der Waals surface area (Å²) in [6.07, 6.45) is 2.99. The van der Waals surface area contributed by atoms with E-state index in [1.165, 1.54) is 0 Å². The van der Waals surface area contributed by atoms with Gasteiger partial charge in [-0.1, -0.05) is 6.42 Å². The molecule has 100 valence electrons. The van der Waals surface area contributed by atoms with E-state index in [9.17, 15) is 17.2 Å². The zero-order valence-electron chi connectivity index (χ0n) is 9.62. The first-order valence-corrected chi connectivity index (χ1v) is 7.12. The minimum Gasteiger partial charge on any atom is -0.399 e. The van der Waals surface area contributed by atoms with Crippen LogP contribution in [0.3, 0.4) is 0 Å². The summed E-state index contributed by atoms with van der Waals surface area (Å²) in [5, 5.41) is 0. The zero-order valence-corrected chi connectivity index (χ0v) is 10.4. The van der Waals surface area contributed by atoms with E-state index in [0.29, 0.717) is 0 Å². The third-order valence-electron chi connectivity index (χ3n) is 3.09. The summed E-state index contributed by atoms with van der Waals surface area (Å²) in [5.41, 5.74) is 5.19. The molecular weight excluding hydrogens is 262 g/mol. The van der Waals surface area contributed by atoms with Gasteiger partial charge in [0.05, 0.1) is 0 Å². The minimum absolute atomic E-state index is 0.127. The number of benzene rings is 1. The van der Waals surface area contributed by atoms with Gasteiger partial charge in [-0.25, -0.2) is 21.9 Å². The van der Waals surface area contributed by atoms with Crippen LogP contribution in [0.1, 0.15) is 19.3 Å². The summed E-state index contributed by atoms with van der Waals surface area (Å²) in [6, 6.07) is 1.67. The zero-order chi connectivity index (χ0) is 13.3. The molecule has 0 radical (unpaired) electrons. The highest BCUT2D eigenvalue weighted by Gasteiger charge is 2.25. The molecule has 0 unspecified atom stereocenters. The summed E-state index contributed by atoms with van der Waals surface area (Å²) in [4.78, 5) is -0.737. The van der Waals surface area contributed by atoms with Gasteiger partial charge in [-0.3, -0.25) is 0 Å². The maximum Gasteiger partial charge on any atom is 0.243 e. The van der Waals surface area contributed by atoms with Gasteiger partial charge >= 0.3 is 0 Å². The van der Waals surface area contributed by atoms with Crippen LogP contribution >= 0.6 is 0 Å². The smallest absolute Gasteiger partial charge is 0.243 e. The van der Waals surface area contributed by atoms with Gasteiger partial charge in [0.25, 0.3) is 0 Å². The molecule has 0 aromatic heterocycles. The number of rotatable bonds is 4. The number of nitrogens with two attached hydrogens (primary N) is 1. The number of sulfonamides is 1. The standard InChI is InChI=1S/C11H14F2N2O2S/c12-9-4-8(14)5-10(11(9)13)18(16,17)15-6-7-2-1-3-7/h4-5,7,15H,1-3,6,14H2. The monoisotopic (exact) mass is 276 g/mol. The van der Waals surface area contributed by atoms with E-state index < -0.39 is 26.6 Å². The highest BCUT2D eigenvalue weighted by Crippen LogP contribution is 2.26. The van der Waals surface area contributed by atoms with Crippen LogP contribution in [0.2, 0.25) is 0 Å². The number of halogens is 2. The fourth-order valence-corrected chi connectivity index (χ4v) is 3.02. The lowest BCUT2D eigenvalue weighted by Gasteiger charge is -2.25. The fraction of sp³-hybridized carbons (Fsp3) is 0.455. The molecule has 1 aromatic carbocycles. The first-order valence-electron chi connectivity index (χ1n) is 5.64. The van der Waals surface area contributed by atoms with E-state index in [-0.39, 0.29) is 18.2 Å². The van der Waals surface area contributed by atoms with Crippen LogP contribution in [0.4, 0.5) is 14.5 Å². The van der Waals surface area contributed by atoms with E-state index >= 15 is 0 Å². The lowest BCUT2D eigenvalue weighted by molar-refractivity contribution is 0.316. The van der Waals surface area contributed by atoms with E-state index in [1.54, 1.807) is 0 Å². The van der Waals surface area contributed by atoms with Crippen LogP contribution in [-0.4, -0.2) is 15.0 Å². The molecular formula is C11H14F2N2O2S. The molecule has 2 rings (SSSR count). The molecule has 0 bridgehead atoms. The van der Waals surface area contributed by atoms with Crippen molar-refractivity contribution in [2.75, 3.05) is 12.3 Å². The van der Waals surface area contributed by atoms with Crippen molar-refractivity contribution in [3.05, 3.63) is 23.8 Å². The summed E-state index contributed by atoms with van der Waals surface area (Å²) < 4.78 is 52.5. The lowest BCUT2D eigenvalue weighted by atomic mass is 9.86. The van der Waals surface area contributed by atoms with Gasteiger partial charge < -0.3 is 5.73 Å². The van der Waals surface area contributed by atoms with E-state index in [0.717, 1.165) is 31.4 Å². The normalized spacial score (nSPS) is 16.6. The molecule has 18 heavy (non-hydrogen) atoms. The van der Waals surface area contributed by atoms with Crippen molar-refractivity contribution < 1.29 is 17.2 Å². The highest BCUT2D eigenvalue weighted by molar-refractivity contribution is 7.89. The summed E-state index contributed by atoms with van der Waals surface area (Å²) >= 11 is 0. The number of nitrogen functional groups attached to an aromatic ring is 1. The molecule has 1 aliphatic carbocycles. The van der Waals surface area contributed by atoms with Crippen molar-refractivity contribution in [3.8, 4) is 0 Å². The predicted molar refractivity (Wildman–Crippen MR) is 63.3 cm³/mol. The van der Waals surface area contributed by atoms with Gasteiger partial charge in [0, 0.05) is 12.2 Å². The molecule has 0 spiro atoms. The molecule has 7 heteroatoms. The first kappa shape index (κ1) is 13.2. The first-order chi connectivity index (χ1) is 8.40. The Morgan fingerprint density at radius 1 is 1.33 bits per heavy atom. The molecule has 0 aliphatic heterocycles. The number of anilines is 1. The number of hydrogen-bond acceptors (Lipinski definition) is 3. The Morgan fingerprint density at radius 3 is 2.56 bits per heavy atom. The van der Waals surface area contributed by atoms with Gasteiger partial charge in [-0.05, 0) is 30.9 Å². The molecule has 1 fully saturated rings. The Hall–Kier alpha value is -1.21. The van der Waals surface area contributed by atoms with Gasteiger partial charge in [0.2, 0.25) is 10.0 Å². The average Bonchev–Trinajstić information content (AvgIpc) is 2.20. The molecule has 4 nitrogen and oxygen atoms in total. The molecule has 0 amide bonds. The van der Waals surface area contributed by atoms with Crippen LogP contribution in [0.5, 0.6) is 0 Å². The maximum absolute atomic E-state index is 13.4. The van der Waals surface area contributed by atoms with Crippen LogP contribution in [-0.2, 0) is 10.0 Å². The molecule has 1 aromatic rings. The summed E-state index contributed by atoms with van der Waals surface area (Å²) in [7, 11) is -4.05. The Balaban J connectivity index is 2.22.